The predicted octanol–water partition coefficient (Wildman–Crippen LogP) is 3.62. The predicted molar refractivity (Wildman–Crippen MR) is 78.7 cm³/mol. The molecule has 0 aliphatic rings. The summed E-state index contributed by atoms with van der Waals surface area (Å²) in [5.41, 5.74) is 1.32. The van der Waals surface area contributed by atoms with Gasteiger partial charge in [-0.2, -0.15) is 0 Å². The summed E-state index contributed by atoms with van der Waals surface area (Å²) in [5.74, 6) is 0. The molecule has 0 N–H and O–H groups in total. The fourth-order valence-electron chi connectivity index (χ4n) is 1.65. The maximum Gasteiger partial charge on any atom is 0.0592 e. The topological polar surface area (TPSA) is 0 Å². The molecule has 0 saturated carbocycles. The lowest BCUT2D eigenvalue weighted by molar-refractivity contribution is 1.71. The lowest BCUT2D eigenvalue weighted by atomic mass is 10.0. The summed E-state index contributed by atoms with van der Waals surface area (Å²) in [6, 6.07) is 14.9. The van der Waals surface area contributed by atoms with E-state index >= 15 is 0 Å². The molecule has 15 heavy (non-hydrogen) atoms. The molecule has 3 heteroatoms. The quantitative estimate of drug-likeness (QED) is 0.695. The number of fused-ring (bicyclic) bond motifs is 1. The molecule has 0 bridgehead atoms. The van der Waals surface area contributed by atoms with Crippen LogP contribution >= 0.6 is 31.9 Å². The van der Waals surface area contributed by atoms with Crippen LogP contribution in [0.2, 0.25) is 0 Å². The highest BCUT2D eigenvalue weighted by Crippen LogP contribution is 2.29. The third-order valence-corrected chi connectivity index (χ3v) is 6.17. The average molecular weight is 342 g/mol. The smallest absolute Gasteiger partial charge is 0.0592 e. The molecule has 0 spiro atoms. The summed E-state index contributed by atoms with van der Waals surface area (Å²) in [5, 5.41) is 3.97. The third-order valence-electron chi connectivity index (χ3n) is 2.48. The summed E-state index contributed by atoms with van der Waals surface area (Å²) in [4.78, 5) is 0. The second-order valence-corrected chi connectivity index (χ2v) is 7.06. The van der Waals surface area contributed by atoms with E-state index in [9.17, 15) is 0 Å². The standard InChI is InChI=1S/C12H10Br2Si/c13-12(14)11(15)10-7-3-5-8-4-1-2-6-9(8)10/h1-7H,15H3. The molecule has 0 aliphatic heterocycles. The first-order valence-electron chi connectivity index (χ1n) is 4.70. The van der Waals surface area contributed by atoms with E-state index in [1.807, 2.05) is 0 Å². The zero-order valence-electron chi connectivity index (χ0n) is 8.30. The Labute approximate surface area is 109 Å². The highest BCUT2D eigenvalue weighted by atomic mass is 79.9. The minimum atomic E-state index is 1.02. The van der Waals surface area contributed by atoms with E-state index < -0.39 is 0 Å². The Kier molecular flexibility index (Phi) is 3.44. The Morgan fingerprint density at radius 3 is 2.33 bits per heavy atom. The molecule has 2 aromatic carbocycles. The summed E-state index contributed by atoms with van der Waals surface area (Å²) in [6.45, 7) is 0. The molecule has 0 fully saturated rings. The zero-order chi connectivity index (χ0) is 10.8. The molecule has 0 amide bonds. The molecule has 0 aliphatic carbocycles. The fraction of sp³-hybridized carbons (Fsp3) is 0. The minimum absolute atomic E-state index is 1.02. The van der Waals surface area contributed by atoms with Gasteiger partial charge in [0, 0.05) is 10.2 Å². The minimum Gasteiger partial charge on any atom is -0.0616 e. The van der Waals surface area contributed by atoms with Gasteiger partial charge in [-0.05, 0) is 53.4 Å². The number of benzene rings is 2. The van der Waals surface area contributed by atoms with E-state index in [-0.39, 0.29) is 0 Å². The molecule has 0 saturated heterocycles. The monoisotopic (exact) mass is 340 g/mol. The van der Waals surface area contributed by atoms with Gasteiger partial charge in [-0.1, -0.05) is 42.5 Å². The molecule has 2 rings (SSSR count). The first-order valence-corrected chi connectivity index (χ1v) is 7.29. The van der Waals surface area contributed by atoms with Gasteiger partial charge in [-0.3, -0.25) is 0 Å². The van der Waals surface area contributed by atoms with Gasteiger partial charge in [-0.15, -0.1) is 0 Å². The maximum absolute atomic E-state index is 3.49. The molecular weight excluding hydrogens is 332 g/mol. The Morgan fingerprint density at radius 2 is 1.60 bits per heavy atom. The van der Waals surface area contributed by atoms with Gasteiger partial charge in [0.1, 0.15) is 0 Å². The van der Waals surface area contributed by atoms with Gasteiger partial charge >= 0.3 is 0 Å². The van der Waals surface area contributed by atoms with E-state index in [1.54, 1.807) is 0 Å². The van der Waals surface area contributed by atoms with Crippen molar-refractivity contribution in [1.29, 1.82) is 0 Å². The summed E-state index contributed by atoms with van der Waals surface area (Å²) in [6.07, 6.45) is 0. The lowest BCUT2D eigenvalue weighted by Gasteiger charge is -2.07. The van der Waals surface area contributed by atoms with E-state index in [1.165, 1.54) is 21.5 Å². The fourth-order valence-corrected chi connectivity index (χ4v) is 2.52. The van der Waals surface area contributed by atoms with Crippen LogP contribution in [0.3, 0.4) is 0 Å². The van der Waals surface area contributed by atoms with Crippen molar-refractivity contribution in [3.8, 4) is 0 Å². The second-order valence-electron chi connectivity index (χ2n) is 3.41. The van der Waals surface area contributed by atoms with Crippen LogP contribution in [-0.2, 0) is 0 Å². The van der Waals surface area contributed by atoms with Gasteiger partial charge in [0.05, 0.1) is 3.39 Å². The molecule has 0 atom stereocenters. The van der Waals surface area contributed by atoms with Crippen LogP contribution in [0.25, 0.3) is 16.0 Å². The van der Waals surface area contributed by atoms with Crippen molar-refractivity contribution in [3.05, 3.63) is 51.4 Å². The van der Waals surface area contributed by atoms with E-state index in [4.69, 9.17) is 0 Å². The zero-order valence-corrected chi connectivity index (χ0v) is 13.5. The van der Waals surface area contributed by atoms with Gasteiger partial charge in [0.25, 0.3) is 0 Å². The average Bonchev–Trinajstić information content (AvgIpc) is 2.27. The summed E-state index contributed by atoms with van der Waals surface area (Å²) >= 11 is 6.99. The van der Waals surface area contributed by atoms with Gasteiger partial charge in [-0.25, -0.2) is 0 Å². The Morgan fingerprint density at radius 1 is 0.933 bits per heavy atom. The molecule has 76 valence electrons. The van der Waals surface area contributed by atoms with E-state index in [2.05, 4.69) is 74.3 Å². The molecule has 2 aromatic rings. The molecule has 0 radical (unpaired) electrons. The number of halogens is 2. The second kappa shape index (κ2) is 4.64. The van der Waals surface area contributed by atoms with Crippen molar-refractivity contribution >= 4 is 58.1 Å². The number of hydrogen-bond donors (Lipinski definition) is 0. The molecule has 0 aromatic heterocycles. The van der Waals surface area contributed by atoms with Crippen molar-refractivity contribution in [2.75, 3.05) is 0 Å². The van der Waals surface area contributed by atoms with Crippen LogP contribution in [0, 0.1) is 0 Å². The number of rotatable bonds is 1. The van der Waals surface area contributed by atoms with Gasteiger partial charge in [0.15, 0.2) is 0 Å². The molecule has 0 unspecified atom stereocenters. The first kappa shape index (κ1) is 11.1. The summed E-state index contributed by atoms with van der Waals surface area (Å²) < 4.78 is 1.07. The third kappa shape index (κ3) is 2.24. The van der Waals surface area contributed by atoms with Crippen LogP contribution in [-0.4, -0.2) is 10.2 Å². The highest BCUT2D eigenvalue weighted by molar-refractivity contribution is 9.28. The lowest BCUT2D eigenvalue weighted by Crippen LogP contribution is -1.86. The normalized spacial score (nSPS) is 10.5. The highest BCUT2D eigenvalue weighted by Gasteiger charge is 2.03. The largest absolute Gasteiger partial charge is 0.0616 e. The molecular formula is C12H10Br2Si. The Balaban J connectivity index is 2.77. The maximum atomic E-state index is 3.49. The number of hydrogen-bond acceptors (Lipinski definition) is 0. The van der Waals surface area contributed by atoms with Crippen LogP contribution in [0.5, 0.6) is 0 Å². The van der Waals surface area contributed by atoms with Crippen LogP contribution in [0.4, 0.5) is 0 Å². The van der Waals surface area contributed by atoms with Crippen molar-refractivity contribution in [1.82, 2.24) is 0 Å². The van der Waals surface area contributed by atoms with Crippen LogP contribution in [0.15, 0.2) is 45.9 Å². The first-order chi connectivity index (χ1) is 7.20. The molecule has 0 heterocycles. The summed E-state index contributed by atoms with van der Waals surface area (Å²) in [7, 11) is 1.02. The van der Waals surface area contributed by atoms with Crippen molar-refractivity contribution < 1.29 is 0 Å². The van der Waals surface area contributed by atoms with Crippen molar-refractivity contribution in [2.45, 2.75) is 0 Å². The van der Waals surface area contributed by atoms with Crippen LogP contribution in [0.1, 0.15) is 5.56 Å². The van der Waals surface area contributed by atoms with E-state index in [0.717, 1.165) is 13.6 Å². The van der Waals surface area contributed by atoms with Gasteiger partial charge in [0.2, 0.25) is 0 Å². The van der Waals surface area contributed by atoms with Crippen molar-refractivity contribution in [3.63, 3.8) is 0 Å². The Hall–Kier alpha value is -0.383. The molecule has 0 nitrogen and oxygen atoms in total. The van der Waals surface area contributed by atoms with Gasteiger partial charge < -0.3 is 0 Å². The SMILES string of the molecule is [SiH3]C(=C(Br)Br)c1cccc2ccccc12. The Bertz CT molecular complexity index is 523. The van der Waals surface area contributed by atoms with E-state index in [0.29, 0.717) is 0 Å². The van der Waals surface area contributed by atoms with Crippen molar-refractivity contribution in [2.24, 2.45) is 0 Å². The van der Waals surface area contributed by atoms with Crippen LogP contribution < -0.4 is 0 Å².